The Balaban J connectivity index is 1.84. The third kappa shape index (κ3) is 3.74. The number of anilines is 1. The Morgan fingerprint density at radius 3 is 2.14 bits per heavy atom. The molecule has 3 aromatic rings. The lowest BCUT2D eigenvalue weighted by atomic mass is 10.0. The average Bonchev–Trinajstić information content (AvgIpc) is 2.96. The van der Waals surface area contributed by atoms with Crippen LogP contribution < -0.4 is 4.90 Å². The molecule has 3 aromatic carbocycles. The van der Waals surface area contributed by atoms with E-state index >= 15 is 0 Å². The molecule has 3 nitrogen and oxygen atoms in total. The molecule has 1 heterocycles. The molecule has 0 radical (unpaired) electrons. The summed E-state index contributed by atoms with van der Waals surface area (Å²) in [5.41, 5.74) is 3.96. The summed E-state index contributed by atoms with van der Waals surface area (Å²) in [4.78, 5) is 29.2. The standard InChI is InChI=1S/C24H18ClNO2S/c1-15-8-9-17(14-16(15)2)21-22(29-20-12-10-18(25)11-13-20)24(28)26(23(21)27)19-6-4-3-5-7-19/h3-14H,1-2H3. The third-order valence-electron chi connectivity index (χ3n) is 4.88. The van der Waals surface area contributed by atoms with Crippen molar-refractivity contribution < 1.29 is 9.59 Å². The zero-order valence-electron chi connectivity index (χ0n) is 16.0. The van der Waals surface area contributed by atoms with Crippen LogP contribution in [0.25, 0.3) is 5.57 Å². The number of imide groups is 1. The third-order valence-corrected chi connectivity index (χ3v) is 6.23. The van der Waals surface area contributed by atoms with E-state index in [4.69, 9.17) is 11.6 Å². The quantitative estimate of drug-likeness (QED) is 0.484. The van der Waals surface area contributed by atoms with E-state index in [1.807, 2.05) is 62.4 Å². The van der Waals surface area contributed by atoms with Crippen LogP contribution >= 0.6 is 23.4 Å². The van der Waals surface area contributed by atoms with E-state index in [0.29, 0.717) is 21.2 Å². The number of hydrogen-bond acceptors (Lipinski definition) is 3. The molecule has 1 aliphatic rings. The van der Waals surface area contributed by atoms with Gasteiger partial charge in [-0.2, -0.15) is 0 Å². The summed E-state index contributed by atoms with van der Waals surface area (Å²) in [6.07, 6.45) is 0. The van der Waals surface area contributed by atoms with Crippen LogP contribution in [0.15, 0.2) is 82.6 Å². The molecule has 0 N–H and O–H groups in total. The first-order valence-corrected chi connectivity index (χ1v) is 10.3. The van der Waals surface area contributed by atoms with Crippen molar-refractivity contribution in [2.75, 3.05) is 4.90 Å². The van der Waals surface area contributed by atoms with Crippen molar-refractivity contribution in [2.24, 2.45) is 0 Å². The van der Waals surface area contributed by atoms with Gasteiger partial charge in [-0.1, -0.05) is 59.8 Å². The first kappa shape index (κ1) is 19.5. The first-order valence-electron chi connectivity index (χ1n) is 9.15. The minimum absolute atomic E-state index is 0.305. The second kappa shape index (κ2) is 7.90. The van der Waals surface area contributed by atoms with Crippen molar-refractivity contribution in [3.05, 3.63) is 99.4 Å². The molecule has 4 rings (SSSR count). The monoisotopic (exact) mass is 419 g/mol. The van der Waals surface area contributed by atoms with Crippen LogP contribution in [0.2, 0.25) is 5.02 Å². The van der Waals surface area contributed by atoms with E-state index in [-0.39, 0.29) is 11.8 Å². The minimum Gasteiger partial charge on any atom is -0.268 e. The normalized spacial score (nSPS) is 14.1. The number of nitrogens with zero attached hydrogens (tertiary/aromatic N) is 1. The molecule has 0 aliphatic carbocycles. The van der Waals surface area contributed by atoms with Crippen LogP contribution in [0, 0.1) is 13.8 Å². The van der Waals surface area contributed by atoms with Gasteiger partial charge in [-0.25, -0.2) is 4.90 Å². The van der Waals surface area contributed by atoms with Gasteiger partial charge in [0, 0.05) is 9.92 Å². The van der Waals surface area contributed by atoms with Crippen molar-refractivity contribution in [3.63, 3.8) is 0 Å². The maximum Gasteiger partial charge on any atom is 0.272 e. The highest BCUT2D eigenvalue weighted by Gasteiger charge is 2.40. The number of halogens is 1. The molecule has 1 aliphatic heterocycles. The van der Waals surface area contributed by atoms with Crippen molar-refractivity contribution >= 4 is 46.4 Å². The van der Waals surface area contributed by atoms with Gasteiger partial charge >= 0.3 is 0 Å². The molecule has 0 atom stereocenters. The molecule has 29 heavy (non-hydrogen) atoms. The van der Waals surface area contributed by atoms with Crippen molar-refractivity contribution in [2.45, 2.75) is 18.7 Å². The first-order chi connectivity index (χ1) is 14.0. The van der Waals surface area contributed by atoms with Gasteiger partial charge in [-0.05, 0) is 66.9 Å². The number of thioether (sulfide) groups is 1. The predicted molar refractivity (Wildman–Crippen MR) is 119 cm³/mol. The van der Waals surface area contributed by atoms with E-state index in [2.05, 4.69) is 0 Å². The van der Waals surface area contributed by atoms with Gasteiger partial charge in [-0.15, -0.1) is 0 Å². The fourth-order valence-corrected chi connectivity index (χ4v) is 4.31. The number of rotatable bonds is 4. The van der Waals surface area contributed by atoms with Crippen LogP contribution in [-0.2, 0) is 9.59 Å². The number of carbonyl (C=O) groups excluding carboxylic acids is 2. The molecule has 0 aromatic heterocycles. The van der Waals surface area contributed by atoms with Gasteiger partial charge in [0.2, 0.25) is 0 Å². The number of para-hydroxylation sites is 1. The van der Waals surface area contributed by atoms with Gasteiger partial charge < -0.3 is 0 Å². The van der Waals surface area contributed by atoms with E-state index in [1.165, 1.54) is 16.7 Å². The fraction of sp³-hybridized carbons (Fsp3) is 0.0833. The van der Waals surface area contributed by atoms with Gasteiger partial charge in [0.05, 0.1) is 16.2 Å². The molecule has 0 unspecified atom stereocenters. The Labute approximate surface area is 179 Å². The summed E-state index contributed by atoms with van der Waals surface area (Å²) in [7, 11) is 0. The molecule has 0 fully saturated rings. The molecular weight excluding hydrogens is 402 g/mol. The van der Waals surface area contributed by atoms with E-state index < -0.39 is 0 Å². The highest BCUT2D eigenvalue weighted by Crippen LogP contribution is 2.41. The van der Waals surface area contributed by atoms with E-state index in [9.17, 15) is 9.59 Å². The van der Waals surface area contributed by atoms with Gasteiger partial charge in [0.1, 0.15) is 0 Å². The minimum atomic E-state index is -0.311. The van der Waals surface area contributed by atoms with Crippen LogP contribution in [0.5, 0.6) is 0 Å². The van der Waals surface area contributed by atoms with Crippen molar-refractivity contribution in [3.8, 4) is 0 Å². The maximum absolute atomic E-state index is 13.4. The Morgan fingerprint density at radius 1 is 0.793 bits per heavy atom. The molecule has 144 valence electrons. The van der Waals surface area contributed by atoms with Crippen molar-refractivity contribution in [1.29, 1.82) is 0 Å². The lowest BCUT2D eigenvalue weighted by Gasteiger charge is -2.15. The fourth-order valence-electron chi connectivity index (χ4n) is 3.19. The number of aryl methyl sites for hydroxylation is 2. The van der Waals surface area contributed by atoms with Crippen LogP contribution in [0.3, 0.4) is 0 Å². The molecule has 5 heteroatoms. The summed E-state index contributed by atoms with van der Waals surface area (Å²) < 4.78 is 0. The van der Waals surface area contributed by atoms with Crippen LogP contribution in [0.1, 0.15) is 16.7 Å². The second-order valence-corrected chi connectivity index (χ2v) is 8.36. The Morgan fingerprint density at radius 2 is 1.48 bits per heavy atom. The maximum atomic E-state index is 13.4. The summed E-state index contributed by atoms with van der Waals surface area (Å²) in [5.74, 6) is -0.615. The van der Waals surface area contributed by atoms with E-state index in [0.717, 1.165) is 21.6 Å². The highest BCUT2D eigenvalue weighted by atomic mass is 35.5. The lowest BCUT2D eigenvalue weighted by molar-refractivity contribution is -0.119. The Bertz CT molecular complexity index is 1140. The number of benzene rings is 3. The summed E-state index contributed by atoms with van der Waals surface area (Å²) in [6, 6.07) is 22.1. The number of hydrogen-bond donors (Lipinski definition) is 0. The molecule has 0 spiro atoms. The van der Waals surface area contributed by atoms with E-state index in [1.54, 1.807) is 24.3 Å². The summed E-state index contributed by atoms with van der Waals surface area (Å²) in [6.45, 7) is 4.02. The average molecular weight is 420 g/mol. The molecule has 0 saturated carbocycles. The zero-order chi connectivity index (χ0) is 20.5. The van der Waals surface area contributed by atoms with Crippen LogP contribution in [-0.4, -0.2) is 11.8 Å². The zero-order valence-corrected chi connectivity index (χ0v) is 17.6. The summed E-state index contributed by atoms with van der Waals surface area (Å²) in [5, 5.41) is 0.623. The Kier molecular flexibility index (Phi) is 5.31. The second-order valence-electron chi connectivity index (χ2n) is 6.84. The molecule has 2 amide bonds. The largest absolute Gasteiger partial charge is 0.272 e. The number of carbonyl (C=O) groups is 2. The van der Waals surface area contributed by atoms with Gasteiger partial charge in [0.25, 0.3) is 11.8 Å². The highest BCUT2D eigenvalue weighted by molar-refractivity contribution is 8.04. The smallest absolute Gasteiger partial charge is 0.268 e. The SMILES string of the molecule is Cc1ccc(C2=C(Sc3ccc(Cl)cc3)C(=O)N(c3ccccc3)C2=O)cc1C. The predicted octanol–water partition coefficient (Wildman–Crippen LogP) is 6.03. The van der Waals surface area contributed by atoms with Crippen LogP contribution in [0.4, 0.5) is 5.69 Å². The topological polar surface area (TPSA) is 37.4 Å². The molecule has 0 saturated heterocycles. The lowest BCUT2D eigenvalue weighted by Crippen LogP contribution is -2.31. The van der Waals surface area contributed by atoms with Gasteiger partial charge in [0.15, 0.2) is 0 Å². The number of amides is 2. The summed E-state index contributed by atoms with van der Waals surface area (Å²) >= 11 is 7.28. The van der Waals surface area contributed by atoms with Gasteiger partial charge in [-0.3, -0.25) is 9.59 Å². The van der Waals surface area contributed by atoms with Crippen molar-refractivity contribution in [1.82, 2.24) is 0 Å². The Hall–Kier alpha value is -2.82. The molecule has 0 bridgehead atoms. The molecular formula is C24H18ClNO2S.